The van der Waals surface area contributed by atoms with E-state index in [-0.39, 0.29) is 0 Å². The highest BCUT2D eigenvalue weighted by atomic mass is 32.1. The first-order valence-electron chi connectivity index (χ1n) is 6.23. The number of hydrogen-bond acceptors (Lipinski definition) is 3. The zero-order chi connectivity index (χ0) is 11.6. The van der Waals surface area contributed by atoms with Crippen molar-refractivity contribution in [2.75, 3.05) is 6.54 Å². The number of nitrogens with zero attached hydrogens (tertiary/aromatic N) is 1. The highest BCUT2D eigenvalue weighted by Gasteiger charge is 2.42. The number of rotatable bonds is 6. The molecule has 0 bridgehead atoms. The van der Waals surface area contributed by atoms with Crippen LogP contribution < -0.4 is 5.32 Å². The number of nitrogens with one attached hydrogen (secondary N) is 1. The minimum atomic E-state index is 0.456. The third kappa shape index (κ3) is 3.05. The lowest BCUT2D eigenvalue weighted by molar-refractivity contribution is 0.353. The van der Waals surface area contributed by atoms with Gasteiger partial charge in [-0.25, -0.2) is 0 Å². The predicted octanol–water partition coefficient (Wildman–Crippen LogP) is 3.62. The minimum absolute atomic E-state index is 0.456. The van der Waals surface area contributed by atoms with Crippen molar-refractivity contribution in [1.82, 2.24) is 10.3 Å². The molecule has 1 aromatic rings. The molecule has 3 heteroatoms. The number of aromatic nitrogens is 1. The summed E-state index contributed by atoms with van der Waals surface area (Å²) >= 11 is 1.74. The largest absolute Gasteiger partial charge is 0.309 e. The van der Waals surface area contributed by atoms with Gasteiger partial charge in [-0.15, -0.1) is 11.3 Å². The van der Waals surface area contributed by atoms with Gasteiger partial charge in [0, 0.05) is 23.7 Å². The SMILES string of the molecule is CC(C)CC1(CNC(C)c2cncs2)CC1. The van der Waals surface area contributed by atoms with E-state index in [0.29, 0.717) is 11.5 Å². The predicted molar refractivity (Wildman–Crippen MR) is 69.7 cm³/mol. The maximum absolute atomic E-state index is 4.13. The zero-order valence-corrected chi connectivity index (χ0v) is 11.3. The summed E-state index contributed by atoms with van der Waals surface area (Å²) in [7, 11) is 0. The molecule has 1 unspecified atom stereocenters. The molecule has 0 aliphatic heterocycles. The maximum atomic E-state index is 4.13. The Labute approximate surface area is 102 Å². The van der Waals surface area contributed by atoms with E-state index in [1.165, 1.54) is 30.7 Å². The van der Waals surface area contributed by atoms with Crippen LogP contribution in [0.5, 0.6) is 0 Å². The van der Waals surface area contributed by atoms with Crippen LogP contribution in [-0.2, 0) is 0 Å². The Balaban J connectivity index is 1.79. The lowest BCUT2D eigenvalue weighted by atomic mass is 9.94. The molecular formula is C13H22N2S. The van der Waals surface area contributed by atoms with E-state index in [9.17, 15) is 0 Å². The minimum Gasteiger partial charge on any atom is -0.309 e. The van der Waals surface area contributed by atoms with Gasteiger partial charge in [-0.2, -0.15) is 0 Å². The Morgan fingerprint density at radius 3 is 2.69 bits per heavy atom. The highest BCUT2D eigenvalue weighted by molar-refractivity contribution is 7.09. The fraction of sp³-hybridized carbons (Fsp3) is 0.769. The average Bonchev–Trinajstić information content (AvgIpc) is 2.80. The van der Waals surface area contributed by atoms with Crippen LogP contribution in [0.15, 0.2) is 11.7 Å². The van der Waals surface area contributed by atoms with Gasteiger partial charge in [0.25, 0.3) is 0 Å². The lowest BCUT2D eigenvalue weighted by Crippen LogP contribution is -2.27. The molecule has 1 aliphatic rings. The fourth-order valence-corrected chi connectivity index (χ4v) is 3.06. The third-order valence-corrected chi connectivity index (χ3v) is 4.42. The van der Waals surface area contributed by atoms with Crippen molar-refractivity contribution in [1.29, 1.82) is 0 Å². The summed E-state index contributed by atoms with van der Waals surface area (Å²) in [6.07, 6.45) is 6.17. The molecule has 1 N–H and O–H groups in total. The molecule has 2 rings (SSSR count). The maximum Gasteiger partial charge on any atom is 0.0794 e. The zero-order valence-electron chi connectivity index (χ0n) is 10.5. The highest BCUT2D eigenvalue weighted by Crippen LogP contribution is 2.50. The first-order valence-corrected chi connectivity index (χ1v) is 7.11. The second kappa shape index (κ2) is 4.84. The molecule has 1 fully saturated rings. The van der Waals surface area contributed by atoms with Crippen molar-refractivity contribution < 1.29 is 0 Å². The van der Waals surface area contributed by atoms with Gasteiger partial charge < -0.3 is 5.32 Å². The van der Waals surface area contributed by atoms with Crippen LogP contribution in [0, 0.1) is 11.3 Å². The molecule has 1 heterocycles. The van der Waals surface area contributed by atoms with E-state index in [4.69, 9.17) is 0 Å². The van der Waals surface area contributed by atoms with Gasteiger partial charge in [0.05, 0.1) is 5.51 Å². The molecule has 0 spiro atoms. The van der Waals surface area contributed by atoms with E-state index in [0.717, 1.165) is 5.92 Å². The molecule has 0 radical (unpaired) electrons. The normalized spacial score (nSPS) is 20.0. The van der Waals surface area contributed by atoms with E-state index in [2.05, 4.69) is 31.1 Å². The molecule has 0 aromatic carbocycles. The second-order valence-electron chi connectivity index (χ2n) is 5.60. The van der Waals surface area contributed by atoms with Crippen molar-refractivity contribution in [2.24, 2.45) is 11.3 Å². The molecule has 90 valence electrons. The quantitative estimate of drug-likeness (QED) is 0.818. The van der Waals surface area contributed by atoms with Crippen LogP contribution in [0.1, 0.15) is 51.0 Å². The Morgan fingerprint density at radius 1 is 1.44 bits per heavy atom. The van der Waals surface area contributed by atoms with Crippen molar-refractivity contribution in [3.8, 4) is 0 Å². The summed E-state index contributed by atoms with van der Waals surface area (Å²) in [6, 6.07) is 0.456. The van der Waals surface area contributed by atoms with Gasteiger partial charge in [-0.05, 0) is 37.5 Å². The average molecular weight is 238 g/mol. The molecule has 0 amide bonds. The van der Waals surface area contributed by atoms with Crippen LogP contribution in [0.4, 0.5) is 0 Å². The van der Waals surface area contributed by atoms with E-state index < -0.39 is 0 Å². The first kappa shape index (κ1) is 12.1. The smallest absolute Gasteiger partial charge is 0.0794 e. The molecule has 0 saturated heterocycles. The van der Waals surface area contributed by atoms with Crippen LogP contribution in [-0.4, -0.2) is 11.5 Å². The summed E-state index contributed by atoms with van der Waals surface area (Å²) in [5.41, 5.74) is 2.53. The topological polar surface area (TPSA) is 24.9 Å². The summed E-state index contributed by atoms with van der Waals surface area (Å²) < 4.78 is 0. The Kier molecular flexibility index (Phi) is 3.65. The lowest BCUT2D eigenvalue weighted by Gasteiger charge is -2.20. The second-order valence-corrected chi connectivity index (χ2v) is 6.52. The van der Waals surface area contributed by atoms with E-state index in [1.54, 1.807) is 11.3 Å². The summed E-state index contributed by atoms with van der Waals surface area (Å²) in [5.74, 6) is 0.822. The third-order valence-electron chi connectivity index (χ3n) is 3.46. The Bertz CT molecular complexity index is 315. The van der Waals surface area contributed by atoms with Crippen LogP contribution in [0.3, 0.4) is 0 Å². The fourth-order valence-electron chi connectivity index (χ4n) is 2.41. The summed E-state index contributed by atoms with van der Waals surface area (Å²) in [5, 5.41) is 3.66. The van der Waals surface area contributed by atoms with Crippen molar-refractivity contribution in [3.63, 3.8) is 0 Å². The molecular weight excluding hydrogens is 216 g/mol. The van der Waals surface area contributed by atoms with Crippen LogP contribution in [0.25, 0.3) is 0 Å². The van der Waals surface area contributed by atoms with E-state index in [1.807, 2.05) is 11.7 Å². The van der Waals surface area contributed by atoms with E-state index >= 15 is 0 Å². The number of thiazole rings is 1. The standard InChI is InChI=1S/C13H22N2S/c1-10(2)6-13(4-5-13)8-15-11(3)12-7-14-9-16-12/h7,9-11,15H,4-6,8H2,1-3H3. The molecule has 2 nitrogen and oxygen atoms in total. The molecule has 1 saturated carbocycles. The van der Waals surface area contributed by atoms with Gasteiger partial charge in [-0.3, -0.25) is 4.98 Å². The summed E-state index contributed by atoms with van der Waals surface area (Å²) in [4.78, 5) is 5.48. The van der Waals surface area contributed by atoms with Gasteiger partial charge in [0.15, 0.2) is 0 Å². The molecule has 1 aromatic heterocycles. The van der Waals surface area contributed by atoms with Crippen molar-refractivity contribution in [2.45, 2.75) is 46.1 Å². The Morgan fingerprint density at radius 2 is 2.19 bits per heavy atom. The molecule has 1 atom stereocenters. The molecule has 16 heavy (non-hydrogen) atoms. The monoisotopic (exact) mass is 238 g/mol. The summed E-state index contributed by atoms with van der Waals surface area (Å²) in [6.45, 7) is 8.06. The molecule has 1 aliphatic carbocycles. The number of hydrogen-bond donors (Lipinski definition) is 1. The first-order chi connectivity index (χ1) is 7.61. The van der Waals surface area contributed by atoms with Crippen LogP contribution in [0.2, 0.25) is 0 Å². The Hall–Kier alpha value is -0.410. The van der Waals surface area contributed by atoms with Crippen molar-refractivity contribution in [3.05, 3.63) is 16.6 Å². The van der Waals surface area contributed by atoms with Gasteiger partial charge in [0.1, 0.15) is 0 Å². The van der Waals surface area contributed by atoms with Gasteiger partial charge >= 0.3 is 0 Å². The van der Waals surface area contributed by atoms with Crippen LogP contribution >= 0.6 is 11.3 Å². The van der Waals surface area contributed by atoms with Crippen molar-refractivity contribution >= 4 is 11.3 Å². The van der Waals surface area contributed by atoms with Gasteiger partial charge in [0.2, 0.25) is 0 Å². The van der Waals surface area contributed by atoms with Gasteiger partial charge in [-0.1, -0.05) is 13.8 Å².